The third kappa shape index (κ3) is 2.80. The van der Waals surface area contributed by atoms with Gasteiger partial charge < -0.3 is 0 Å². The van der Waals surface area contributed by atoms with Crippen LogP contribution in [0.4, 0.5) is 0 Å². The Morgan fingerprint density at radius 1 is 1.27 bits per heavy atom. The summed E-state index contributed by atoms with van der Waals surface area (Å²) in [7, 11) is 0. The van der Waals surface area contributed by atoms with Gasteiger partial charge >= 0.3 is 0 Å². The summed E-state index contributed by atoms with van der Waals surface area (Å²) in [6, 6.07) is 0.00838. The van der Waals surface area contributed by atoms with Crippen LogP contribution >= 0.6 is 0 Å². The van der Waals surface area contributed by atoms with E-state index in [0.29, 0.717) is 12.3 Å². The summed E-state index contributed by atoms with van der Waals surface area (Å²) >= 11 is 0. The van der Waals surface area contributed by atoms with Gasteiger partial charge in [0, 0.05) is 18.4 Å². The van der Waals surface area contributed by atoms with E-state index < -0.39 is 0 Å². The fourth-order valence-electron chi connectivity index (χ4n) is 2.02. The SMILES string of the molecule is CC(C)CCC1CC(=O)N(C(C)C)C1=O. The van der Waals surface area contributed by atoms with E-state index in [1.165, 1.54) is 4.90 Å². The number of hydrogen-bond acceptors (Lipinski definition) is 2. The van der Waals surface area contributed by atoms with Crippen LogP contribution in [0.3, 0.4) is 0 Å². The highest BCUT2D eigenvalue weighted by Gasteiger charge is 2.39. The molecule has 0 aliphatic carbocycles. The first-order chi connectivity index (χ1) is 6.93. The van der Waals surface area contributed by atoms with Gasteiger partial charge in [-0.3, -0.25) is 14.5 Å². The lowest BCUT2D eigenvalue weighted by Gasteiger charge is -2.19. The van der Waals surface area contributed by atoms with Crippen LogP contribution < -0.4 is 0 Å². The van der Waals surface area contributed by atoms with Crippen molar-refractivity contribution >= 4 is 11.8 Å². The Morgan fingerprint density at radius 3 is 2.27 bits per heavy atom. The number of likely N-dealkylation sites (tertiary alicyclic amines) is 1. The molecule has 0 spiro atoms. The Bertz CT molecular complexity index is 258. The molecule has 1 atom stereocenters. The number of amides is 2. The Labute approximate surface area is 91.8 Å². The second kappa shape index (κ2) is 4.77. The first-order valence-electron chi connectivity index (χ1n) is 5.79. The van der Waals surface area contributed by atoms with Crippen molar-refractivity contribution in [3.63, 3.8) is 0 Å². The van der Waals surface area contributed by atoms with E-state index in [-0.39, 0.29) is 23.8 Å². The molecule has 0 aromatic carbocycles. The first-order valence-corrected chi connectivity index (χ1v) is 5.79. The van der Waals surface area contributed by atoms with Gasteiger partial charge in [0.25, 0.3) is 0 Å². The van der Waals surface area contributed by atoms with E-state index >= 15 is 0 Å². The predicted molar refractivity (Wildman–Crippen MR) is 59.2 cm³/mol. The summed E-state index contributed by atoms with van der Waals surface area (Å²) in [6.07, 6.45) is 2.30. The molecule has 0 radical (unpaired) electrons. The molecule has 0 saturated carbocycles. The van der Waals surface area contributed by atoms with Crippen molar-refractivity contribution in [1.29, 1.82) is 0 Å². The molecular weight excluding hydrogens is 190 g/mol. The van der Waals surface area contributed by atoms with Gasteiger partial charge in [-0.25, -0.2) is 0 Å². The third-order valence-corrected chi connectivity index (χ3v) is 2.89. The Balaban J connectivity index is 2.57. The molecule has 1 fully saturated rings. The lowest BCUT2D eigenvalue weighted by molar-refractivity contribution is -0.141. The van der Waals surface area contributed by atoms with Crippen LogP contribution in [-0.2, 0) is 9.59 Å². The van der Waals surface area contributed by atoms with Gasteiger partial charge in [0.15, 0.2) is 0 Å². The van der Waals surface area contributed by atoms with Gasteiger partial charge in [-0.05, 0) is 26.2 Å². The molecule has 2 amide bonds. The Hall–Kier alpha value is -0.860. The highest BCUT2D eigenvalue weighted by Crippen LogP contribution is 2.26. The maximum atomic E-state index is 11.9. The number of carbonyl (C=O) groups excluding carboxylic acids is 2. The van der Waals surface area contributed by atoms with Crippen molar-refractivity contribution < 1.29 is 9.59 Å². The number of carbonyl (C=O) groups is 2. The molecule has 1 aliphatic rings. The molecule has 0 bridgehead atoms. The highest BCUT2D eigenvalue weighted by atomic mass is 16.2. The molecule has 0 aromatic heterocycles. The van der Waals surface area contributed by atoms with Crippen LogP contribution in [-0.4, -0.2) is 22.8 Å². The lowest BCUT2D eigenvalue weighted by atomic mass is 9.97. The first kappa shape index (κ1) is 12.2. The Morgan fingerprint density at radius 2 is 1.87 bits per heavy atom. The zero-order chi connectivity index (χ0) is 11.6. The van der Waals surface area contributed by atoms with Crippen LogP contribution in [0.1, 0.15) is 47.0 Å². The van der Waals surface area contributed by atoms with Crippen molar-refractivity contribution in [2.45, 2.75) is 53.0 Å². The Kier molecular flexibility index (Phi) is 3.89. The maximum absolute atomic E-state index is 11.9. The van der Waals surface area contributed by atoms with E-state index in [0.717, 1.165) is 12.8 Å². The quantitative estimate of drug-likeness (QED) is 0.668. The molecule has 3 nitrogen and oxygen atoms in total. The van der Waals surface area contributed by atoms with Crippen molar-refractivity contribution in [1.82, 2.24) is 4.90 Å². The predicted octanol–water partition coefficient (Wildman–Crippen LogP) is 2.21. The minimum Gasteiger partial charge on any atom is -0.280 e. The van der Waals surface area contributed by atoms with Crippen molar-refractivity contribution in [3.05, 3.63) is 0 Å². The van der Waals surface area contributed by atoms with Gasteiger partial charge in [-0.2, -0.15) is 0 Å². The third-order valence-electron chi connectivity index (χ3n) is 2.89. The average Bonchev–Trinajstić information content (AvgIpc) is 2.37. The van der Waals surface area contributed by atoms with Crippen molar-refractivity contribution in [2.75, 3.05) is 0 Å². The van der Waals surface area contributed by atoms with Gasteiger partial charge in [0.1, 0.15) is 0 Å². The summed E-state index contributed by atoms with van der Waals surface area (Å²) in [5.41, 5.74) is 0. The number of rotatable bonds is 4. The van der Waals surface area contributed by atoms with E-state index in [2.05, 4.69) is 13.8 Å². The maximum Gasteiger partial charge on any atom is 0.233 e. The number of nitrogens with zero attached hydrogens (tertiary/aromatic N) is 1. The average molecular weight is 211 g/mol. The van der Waals surface area contributed by atoms with E-state index in [9.17, 15) is 9.59 Å². The highest BCUT2D eigenvalue weighted by molar-refractivity contribution is 6.03. The summed E-state index contributed by atoms with van der Waals surface area (Å²) in [5, 5.41) is 0. The second-order valence-corrected chi connectivity index (χ2v) is 5.07. The van der Waals surface area contributed by atoms with Crippen LogP contribution in [0.25, 0.3) is 0 Å². The minimum absolute atomic E-state index is 0.00348. The second-order valence-electron chi connectivity index (χ2n) is 5.07. The van der Waals surface area contributed by atoms with Crippen LogP contribution in [0.5, 0.6) is 0 Å². The number of imide groups is 1. The molecule has 1 rings (SSSR count). The smallest absolute Gasteiger partial charge is 0.233 e. The fourth-order valence-corrected chi connectivity index (χ4v) is 2.02. The van der Waals surface area contributed by atoms with E-state index in [1.807, 2.05) is 13.8 Å². The van der Waals surface area contributed by atoms with Gasteiger partial charge in [-0.1, -0.05) is 20.3 Å². The summed E-state index contributed by atoms with van der Waals surface area (Å²) in [5.74, 6) is 0.586. The summed E-state index contributed by atoms with van der Waals surface area (Å²) in [4.78, 5) is 24.9. The molecule has 15 heavy (non-hydrogen) atoms. The summed E-state index contributed by atoms with van der Waals surface area (Å²) in [6.45, 7) is 8.06. The monoisotopic (exact) mass is 211 g/mol. The molecule has 1 aliphatic heterocycles. The lowest BCUT2D eigenvalue weighted by Crippen LogP contribution is -2.36. The number of hydrogen-bond donors (Lipinski definition) is 0. The van der Waals surface area contributed by atoms with E-state index in [4.69, 9.17) is 0 Å². The molecule has 86 valence electrons. The van der Waals surface area contributed by atoms with Crippen molar-refractivity contribution in [2.24, 2.45) is 11.8 Å². The van der Waals surface area contributed by atoms with Crippen LogP contribution in [0.15, 0.2) is 0 Å². The fraction of sp³-hybridized carbons (Fsp3) is 0.833. The molecule has 1 unspecified atom stereocenters. The van der Waals surface area contributed by atoms with E-state index in [1.54, 1.807) is 0 Å². The topological polar surface area (TPSA) is 37.4 Å². The van der Waals surface area contributed by atoms with Crippen LogP contribution in [0, 0.1) is 11.8 Å². The zero-order valence-corrected chi connectivity index (χ0v) is 10.1. The molecular formula is C12H21NO2. The van der Waals surface area contributed by atoms with Crippen molar-refractivity contribution in [3.8, 4) is 0 Å². The molecule has 3 heteroatoms. The normalized spacial score (nSPS) is 22.3. The molecule has 1 heterocycles. The molecule has 0 aromatic rings. The van der Waals surface area contributed by atoms with Gasteiger partial charge in [0.05, 0.1) is 0 Å². The van der Waals surface area contributed by atoms with Gasteiger partial charge in [0.2, 0.25) is 11.8 Å². The minimum atomic E-state index is -0.0534. The molecule has 1 saturated heterocycles. The zero-order valence-electron chi connectivity index (χ0n) is 10.1. The summed E-state index contributed by atoms with van der Waals surface area (Å²) < 4.78 is 0. The van der Waals surface area contributed by atoms with Gasteiger partial charge in [-0.15, -0.1) is 0 Å². The largest absolute Gasteiger partial charge is 0.280 e. The molecule has 0 N–H and O–H groups in total. The van der Waals surface area contributed by atoms with Crippen LogP contribution in [0.2, 0.25) is 0 Å². The standard InChI is InChI=1S/C12H21NO2/c1-8(2)5-6-10-7-11(14)13(9(3)4)12(10)15/h8-10H,5-7H2,1-4H3.